The van der Waals surface area contributed by atoms with Gasteiger partial charge in [0.05, 0.1) is 12.7 Å². The van der Waals surface area contributed by atoms with Crippen LogP contribution >= 0.6 is 0 Å². The predicted octanol–water partition coefficient (Wildman–Crippen LogP) is -3.44. The fraction of sp³-hybridized carbons (Fsp3) is 1.00. The van der Waals surface area contributed by atoms with Crippen LogP contribution in [0.4, 0.5) is 0 Å². The summed E-state index contributed by atoms with van der Waals surface area (Å²) in [4.78, 5) is 0. The van der Waals surface area contributed by atoms with Crippen LogP contribution in [-0.4, -0.2) is 67.3 Å². The standard InChI is InChI=1S/C7H14O6/c8-2-7(13)1-3(9)4(10)5(11)6(7)12/h3-6,8-13H,1-2H2/t3-,4-,5+,6-,7-/m0/s1. The van der Waals surface area contributed by atoms with Gasteiger partial charge < -0.3 is 30.6 Å². The predicted molar refractivity (Wildman–Crippen MR) is 40.7 cm³/mol. The summed E-state index contributed by atoms with van der Waals surface area (Å²) >= 11 is 0. The van der Waals surface area contributed by atoms with Gasteiger partial charge in [-0.2, -0.15) is 0 Å². The van der Waals surface area contributed by atoms with E-state index in [4.69, 9.17) is 20.4 Å². The minimum atomic E-state index is -1.95. The topological polar surface area (TPSA) is 121 Å². The Hall–Kier alpha value is -0.240. The van der Waals surface area contributed by atoms with Gasteiger partial charge in [0.2, 0.25) is 0 Å². The smallest absolute Gasteiger partial charge is 0.119 e. The largest absolute Gasteiger partial charge is 0.393 e. The van der Waals surface area contributed by atoms with E-state index in [-0.39, 0.29) is 6.42 Å². The third-order valence-corrected chi connectivity index (χ3v) is 2.45. The van der Waals surface area contributed by atoms with Crippen LogP contribution in [-0.2, 0) is 0 Å². The first kappa shape index (κ1) is 10.8. The zero-order valence-electron chi connectivity index (χ0n) is 6.91. The average molecular weight is 194 g/mol. The van der Waals surface area contributed by atoms with E-state index < -0.39 is 36.6 Å². The summed E-state index contributed by atoms with van der Waals surface area (Å²) < 4.78 is 0. The quantitative estimate of drug-likeness (QED) is 0.258. The Balaban J connectivity index is 2.82. The molecule has 0 aliphatic heterocycles. The highest BCUT2D eigenvalue weighted by Gasteiger charge is 2.50. The molecule has 0 aromatic carbocycles. The molecule has 1 fully saturated rings. The second-order valence-corrected chi connectivity index (χ2v) is 3.46. The summed E-state index contributed by atoms with van der Waals surface area (Å²) in [6, 6.07) is 0. The van der Waals surface area contributed by atoms with Crippen molar-refractivity contribution in [1.29, 1.82) is 0 Å². The highest BCUT2D eigenvalue weighted by molar-refractivity contribution is 5.01. The highest BCUT2D eigenvalue weighted by atomic mass is 16.4. The minimum Gasteiger partial charge on any atom is -0.393 e. The summed E-state index contributed by atoms with van der Waals surface area (Å²) in [5, 5.41) is 54.8. The van der Waals surface area contributed by atoms with Gasteiger partial charge >= 0.3 is 0 Å². The maximum atomic E-state index is 9.48. The van der Waals surface area contributed by atoms with Crippen molar-refractivity contribution in [1.82, 2.24) is 0 Å². The third kappa shape index (κ3) is 1.69. The van der Waals surface area contributed by atoms with Crippen molar-refractivity contribution >= 4 is 0 Å². The number of hydrogen-bond donors (Lipinski definition) is 6. The maximum Gasteiger partial charge on any atom is 0.119 e. The molecule has 0 amide bonds. The lowest BCUT2D eigenvalue weighted by molar-refractivity contribution is -0.228. The Morgan fingerprint density at radius 3 is 2.08 bits per heavy atom. The number of aliphatic hydroxyl groups is 6. The molecule has 6 heteroatoms. The first-order valence-electron chi connectivity index (χ1n) is 3.98. The van der Waals surface area contributed by atoms with Gasteiger partial charge in [-0.1, -0.05) is 0 Å². The van der Waals surface area contributed by atoms with E-state index in [1.807, 2.05) is 0 Å². The average Bonchev–Trinajstić information content (AvgIpc) is 2.12. The first-order chi connectivity index (χ1) is 5.92. The molecule has 1 aliphatic rings. The van der Waals surface area contributed by atoms with Crippen LogP contribution in [0.1, 0.15) is 6.42 Å². The first-order valence-corrected chi connectivity index (χ1v) is 3.98. The van der Waals surface area contributed by atoms with Crippen molar-refractivity contribution in [3.05, 3.63) is 0 Å². The molecule has 5 atom stereocenters. The zero-order chi connectivity index (χ0) is 10.2. The Labute approximate surface area is 74.7 Å². The SMILES string of the molecule is OC[C@@]1(O)C[C@H](O)[C@H](O)[C@@H](O)[C@@H]1O. The van der Waals surface area contributed by atoms with Gasteiger partial charge in [-0.25, -0.2) is 0 Å². The van der Waals surface area contributed by atoms with Crippen molar-refractivity contribution in [3.8, 4) is 0 Å². The van der Waals surface area contributed by atoms with Crippen molar-refractivity contribution < 1.29 is 30.6 Å². The third-order valence-electron chi connectivity index (χ3n) is 2.45. The van der Waals surface area contributed by atoms with Gasteiger partial charge in [0, 0.05) is 6.42 Å². The van der Waals surface area contributed by atoms with Crippen LogP contribution in [0.25, 0.3) is 0 Å². The molecule has 0 saturated heterocycles. The second kappa shape index (κ2) is 3.49. The minimum absolute atomic E-state index is 0.372. The van der Waals surface area contributed by atoms with Crippen molar-refractivity contribution in [3.63, 3.8) is 0 Å². The van der Waals surface area contributed by atoms with Crippen LogP contribution in [0.5, 0.6) is 0 Å². The van der Waals surface area contributed by atoms with E-state index in [2.05, 4.69) is 0 Å². The molecule has 0 unspecified atom stereocenters. The molecule has 1 saturated carbocycles. The summed E-state index contributed by atoms with van der Waals surface area (Å²) in [5.74, 6) is 0. The van der Waals surface area contributed by atoms with E-state index in [1.165, 1.54) is 0 Å². The van der Waals surface area contributed by atoms with Gasteiger partial charge in [0.1, 0.15) is 23.9 Å². The van der Waals surface area contributed by atoms with E-state index in [0.717, 1.165) is 0 Å². The van der Waals surface area contributed by atoms with Crippen molar-refractivity contribution in [2.45, 2.75) is 36.4 Å². The molecule has 0 spiro atoms. The Bertz CT molecular complexity index is 186. The van der Waals surface area contributed by atoms with Gasteiger partial charge in [0.25, 0.3) is 0 Å². The lowest BCUT2D eigenvalue weighted by atomic mass is 9.78. The molecule has 0 heterocycles. The molecule has 6 nitrogen and oxygen atoms in total. The molecule has 0 radical (unpaired) electrons. The number of rotatable bonds is 1. The summed E-state index contributed by atoms with van der Waals surface area (Å²) in [6.07, 6.45) is -6.53. The summed E-state index contributed by atoms with van der Waals surface area (Å²) in [6.45, 7) is -0.783. The molecule has 0 aromatic rings. The fourth-order valence-electron chi connectivity index (χ4n) is 1.49. The molecular formula is C7H14O6. The number of hydrogen-bond acceptors (Lipinski definition) is 6. The van der Waals surface area contributed by atoms with E-state index in [9.17, 15) is 10.2 Å². The molecule has 1 rings (SSSR count). The van der Waals surface area contributed by atoms with Gasteiger partial charge in [-0.05, 0) is 0 Å². The Kier molecular flexibility index (Phi) is 2.91. The van der Waals surface area contributed by atoms with Crippen LogP contribution in [0.3, 0.4) is 0 Å². The van der Waals surface area contributed by atoms with E-state index in [1.54, 1.807) is 0 Å². The molecule has 13 heavy (non-hydrogen) atoms. The lowest BCUT2D eigenvalue weighted by Crippen LogP contribution is -2.64. The van der Waals surface area contributed by atoms with Crippen molar-refractivity contribution in [2.75, 3.05) is 6.61 Å². The fourth-order valence-corrected chi connectivity index (χ4v) is 1.49. The molecular weight excluding hydrogens is 180 g/mol. The molecule has 0 bridgehead atoms. The normalized spacial score (nSPS) is 52.2. The molecule has 6 N–H and O–H groups in total. The zero-order valence-corrected chi connectivity index (χ0v) is 6.91. The van der Waals surface area contributed by atoms with Gasteiger partial charge in [-0.15, -0.1) is 0 Å². The van der Waals surface area contributed by atoms with Gasteiger partial charge in [0.15, 0.2) is 0 Å². The van der Waals surface area contributed by atoms with E-state index in [0.29, 0.717) is 0 Å². The maximum absolute atomic E-state index is 9.48. The lowest BCUT2D eigenvalue weighted by Gasteiger charge is -2.43. The molecule has 0 aromatic heterocycles. The number of aliphatic hydroxyl groups excluding tert-OH is 5. The second-order valence-electron chi connectivity index (χ2n) is 3.46. The van der Waals surface area contributed by atoms with Crippen LogP contribution in [0.2, 0.25) is 0 Å². The molecule has 78 valence electrons. The molecule has 1 aliphatic carbocycles. The van der Waals surface area contributed by atoms with Crippen LogP contribution in [0, 0.1) is 0 Å². The highest BCUT2D eigenvalue weighted by Crippen LogP contribution is 2.29. The van der Waals surface area contributed by atoms with Crippen LogP contribution in [0.15, 0.2) is 0 Å². The summed E-state index contributed by atoms with van der Waals surface area (Å²) in [5.41, 5.74) is -1.95. The van der Waals surface area contributed by atoms with Crippen molar-refractivity contribution in [2.24, 2.45) is 0 Å². The monoisotopic (exact) mass is 194 g/mol. The van der Waals surface area contributed by atoms with Crippen LogP contribution < -0.4 is 0 Å². The summed E-state index contributed by atoms with van der Waals surface area (Å²) in [7, 11) is 0. The Morgan fingerprint density at radius 1 is 1.08 bits per heavy atom. The van der Waals surface area contributed by atoms with Gasteiger partial charge in [-0.3, -0.25) is 0 Å². The Morgan fingerprint density at radius 2 is 1.62 bits per heavy atom. The van der Waals surface area contributed by atoms with E-state index >= 15 is 0 Å².